The van der Waals surface area contributed by atoms with Crippen LogP contribution in [-0.4, -0.2) is 189 Å². The molecular weight excluding hydrogens is 1020 g/mol. The number of ether oxygens (including phenoxy) is 8. The van der Waals surface area contributed by atoms with Crippen LogP contribution in [0.5, 0.6) is 5.75 Å². The highest BCUT2D eigenvalue weighted by Gasteiger charge is 2.54. The van der Waals surface area contributed by atoms with Gasteiger partial charge in [-0.2, -0.15) is 0 Å². The number of cyclic esters (lactones) is 1. The number of aromatic nitrogens is 1. The van der Waals surface area contributed by atoms with Crippen LogP contribution in [0.2, 0.25) is 0 Å². The van der Waals surface area contributed by atoms with E-state index >= 15 is 0 Å². The van der Waals surface area contributed by atoms with Crippen molar-refractivity contribution in [1.29, 1.82) is 0 Å². The first kappa shape index (κ1) is 62.9. The zero-order chi connectivity index (χ0) is 57.8. The lowest BCUT2D eigenvalue weighted by atomic mass is 9.73. The minimum Gasteiger partial charge on any atom is -0.491 e. The van der Waals surface area contributed by atoms with Gasteiger partial charge in [0.25, 0.3) is 0 Å². The summed E-state index contributed by atoms with van der Waals surface area (Å²) >= 11 is 0. The summed E-state index contributed by atoms with van der Waals surface area (Å²) in [6.45, 7) is 18.3. The summed E-state index contributed by atoms with van der Waals surface area (Å²) in [5, 5.41) is 75.3. The van der Waals surface area contributed by atoms with E-state index < -0.39 is 119 Å². The maximum atomic E-state index is 14.5. The van der Waals surface area contributed by atoms with E-state index in [1.165, 1.54) is 27.2 Å². The van der Waals surface area contributed by atoms with Gasteiger partial charge in [-0.3, -0.25) is 14.4 Å². The van der Waals surface area contributed by atoms with E-state index in [-0.39, 0.29) is 55.6 Å². The summed E-state index contributed by atoms with van der Waals surface area (Å²) in [6, 6.07) is 3.24. The van der Waals surface area contributed by atoms with Gasteiger partial charge in [0.1, 0.15) is 34.7 Å². The summed E-state index contributed by atoms with van der Waals surface area (Å²) < 4.78 is 52.3. The fraction of sp³-hybridized carbons (Fsp3) is 0.768. The van der Waals surface area contributed by atoms with Crippen LogP contribution in [0, 0.1) is 23.7 Å². The first-order valence-corrected chi connectivity index (χ1v) is 27.6. The van der Waals surface area contributed by atoms with Gasteiger partial charge in [-0.15, -0.1) is 0 Å². The van der Waals surface area contributed by atoms with E-state index in [0.29, 0.717) is 62.0 Å². The number of likely N-dealkylation sites (N-methyl/N-ethyl adjacent to an activating group) is 1. The number of aromatic carboxylic acids is 1. The summed E-state index contributed by atoms with van der Waals surface area (Å²) in [6.07, 6.45) is -7.19. The Morgan fingerprint density at radius 2 is 1.67 bits per heavy atom. The summed E-state index contributed by atoms with van der Waals surface area (Å²) in [5.74, 6) is -5.85. The number of carbonyl (C=O) groups is 3. The average molecular weight is 1110 g/mol. The number of carboxylic acids is 1. The minimum absolute atomic E-state index is 0.000138. The Morgan fingerprint density at radius 3 is 2.31 bits per heavy atom. The van der Waals surface area contributed by atoms with Gasteiger partial charge in [-0.25, -0.2) is 4.79 Å². The van der Waals surface area contributed by atoms with Crippen LogP contribution in [0.3, 0.4) is 0 Å². The zero-order valence-corrected chi connectivity index (χ0v) is 47.8. The maximum Gasteiger partial charge on any atom is 0.341 e. The summed E-state index contributed by atoms with van der Waals surface area (Å²) in [4.78, 5) is 55.0. The minimum atomic E-state index is -2.03. The molecule has 0 amide bonds. The molecule has 1 aromatic heterocycles. The molecule has 22 nitrogen and oxygen atoms in total. The number of carboxylic acid groups (broad SMARTS) is 1. The molecule has 0 radical (unpaired) electrons. The van der Waals surface area contributed by atoms with Crippen LogP contribution in [0.25, 0.3) is 10.9 Å². The lowest BCUT2D eigenvalue weighted by Gasteiger charge is -2.49. The lowest BCUT2D eigenvalue weighted by Crippen LogP contribution is -2.61. The largest absolute Gasteiger partial charge is 0.491 e. The van der Waals surface area contributed by atoms with Crippen molar-refractivity contribution < 1.29 is 83.0 Å². The van der Waals surface area contributed by atoms with E-state index in [1.807, 2.05) is 32.0 Å². The van der Waals surface area contributed by atoms with Crippen LogP contribution >= 0.6 is 0 Å². The number of rotatable bonds is 16. The number of aliphatic hydroxyl groups excluding tert-OH is 2. The van der Waals surface area contributed by atoms with Gasteiger partial charge in [0.15, 0.2) is 18.7 Å². The fourth-order valence-corrected chi connectivity index (χ4v) is 12.3. The van der Waals surface area contributed by atoms with Gasteiger partial charge in [-0.05, 0) is 118 Å². The zero-order valence-electron chi connectivity index (χ0n) is 47.8. The number of pyridine rings is 1. The van der Waals surface area contributed by atoms with Gasteiger partial charge >= 0.3 is 17.9 Å². The van der Waals surface area contributed by atoms with Crippen molar-refractivity contribution in [2.24, 2.45) is 28.8 Å². The molecule has 22 heteroatoms. The summed E-state index contributed by atoms with van der Waals surface area (Å²) in [5.41, 5.74) is -4.44. The second kappa shape index (κ2) is 26.1. The fourth-order valence-electron chi connectivity index (χ4n) is 12.3. The lowest BCUT2D eigenvalue weighted by molar-refractivity contribution is -0.318. The first-order chi connectivity index (χ1) is 36.6. The van der Waals surface area contributed by atoms with E-state index in [0.717, 1.165) is 5.56 Å². The van der Waals surface area contributed by atoms with Gasteiger partial charge in [0.05, 0.1) is 71.7 Å². The van der Waals surface area contributed by atoms with Gasteiger partial charge in [0.2, 0.25) is 5.43 Å². The van der Waals surface area contributed by atoms with Crippen molar-refractivity contribution in [3.63, 3.8) is 0 Å². The van der Waals surface area contributed by atoms with Gasteiger partial charge in [0, 0.05) is 56.6 Å². The monoisotopic (exact) mass is 1100 g/mol. The predicted molar refractivity (Wildman–Crippen MR) is 285 cm³/mol. The molecule has 78 heavy (non-hydrogen) atoms. The van der Waals surface area contributed by atoms with Crippen LogP contribution in [0.4, 0.5) is 0 Å². The average Bonchev–Trinajstić information content (AvgIpc) is 3.66. The number of hydrogen-bond acceptors (Lipinski definition) is 20. The highest BCUT2D eigenvalue weighted by molar-refractivity contribution is 5.94. The molecular formula is C56H88N4O18. The Morgan fingerprint density at radius 1 is 0.962 bits per heavy atom. The van der Waals surface area contributed by atoms with Crippen molar-refractivity contribution >= 4 is 34.5 Å². The molecule has 0 saturated carbocycles. The van der Waals surface area contributed by atoms with Crippen molar-refractivity contribution in [3.8, 4) is 5.75 Å². The third-order valence-corrected chi connectivity index (χ3v) is 16.7. The maximum absolute atomic E-state index is 14.5. The number of aliphatic hydroxyl groups is 4. The van der Waals surface area contributed by atoms with Gasteiger partial charge in [-0.1, -0.05) is 32.9 Å². The predicted octanol–water partition coefficient (Wildman–Crippen LogP) is 4.01. The molecule has 5 heterocycles. The number of methoxy groups -OCH3 is 1. The smallest absolute Gasteiger partial charge is 0.341 e. The number of benzene rings is 1. The van der Waals surface area contributed by atoms with Crippen LogP contribution in [0.1, 0.15) is 130 Å². The number of aryl methyl sites for hydroxylation is 2. The van der Waals surface area contributed by atoms with Crippen molar-refractivity contribution in [3.05, 3.63) is 39.7 Å². The van der Waals surface area contributed by atoms with Crippen molar-refractivity contribution in [2.75, 3.05) is 40.9 Å². The molecule has 0 bridgehead atoms. The molecule has 4 aliphatic heterocycles. The molecule has 0 unspecified atom stereocenters. The van der Waals surface area contributed by atoms with E-state index in [9.17, 15) is 49.9 Å². The SMILES string of the molecule is CC[C@H]1OC(=O)[C@H](C)[C@@H](O[C@H]2C[C@@](C)(OC)[C@@H](OC(=O)CCNCCCc3cc4c5c(c3)c(=O)c(C(=O)O)cn5CCCO4)[C@H](C)O2)[C@H](C)[C@@H](O[C@H]2O[C@@H](C)C[C@@H](N(C)C)[C@@H]2O)[C@](C)(O)C[C@@H](C)/C(=N\O)[C@H](C)[C@@H](O)[C@]1(C)O. The van der Waals surface area contributed by atoms with E-state index in [2.05, 4.69) is 10.5 Å². The van der Waals surface area contributed by atoms with E-state index in [1.54, 1.807) is 59.1 Å². The molecule has 440 valence electrons. The number of esters is 2. The molecule has 7 N–H and O–H groups in total. The molecule has 18 atom stereocenters. The normalized spacial score (nSPS) is 37.8. The quantitative estimate of drug-likeness (QED) is 0.0541. The third-order valence-electron chi connectivity index (χ3n) is 16.7. The standard InChI is InChI=1S/C56H88N4O18/c1-14-40-56(10,69)48(64)31(4)43(58-70)29(2)26-54(8,68)49(78-53-46(63)38(59(11)12)23-30(3)73-53)32(5)47(33(6)52(67)75-40)77-42-27-55(9,71-13)50(34(7)74-42)76-41(61)18-20-57-19-15-17-35-24-36-44-39(25-35)72-22-16-21-60(44)28-37(45(36)62)51(65)66/h24-25,28-34,38,40,42,46-50,53,57,63-64,68-70H,14-23,26-27H2,1-13H3,(H,65,66)/b58-43+/t29-,30+,31+,32+,33-,34+,38-,40-,42+,46+,47+,48-,49-,50+,53-,54-,55-,56-/m1/s1. The second-order valence-corrected chi connectivity index (χ2v) is 23.2. The number of carbonyl (C=O) groups excluding carboxylic acids is 2. The van der Waals surface area contributed by atoms with E-state index in [4.69, 9.17) is 37.9 Å². The highest BCUT2D eigenvalue weighted by Crippen LogP contribution is 2.42. The molecule has 0 spiro atoms. The molecule has 3 fully saturated rings. The topological polar surface area (TPSA) is 296 Å². The number of hydrogen-bond donors (Lipinski definition) is 7. The number of nitrogens with zero attached hydrogens (tertiary/aromatic N) is 3. The molecule has 6 rings (SSSR count). The molecule has 2 aromatic rings. The Kier molecular flexibility index (Phi) is 21.0. The third kappa shape index (κ3) is 13.9. The molecule has 4 aliphatic rings. The highest BCUT2D eigenvalue weighted by atomic mass is 16.7. The molecule has 0 aliphatic carbocycles. The van der Waals surface area contributed by atoms with Crippen molar-refractivity contribution in [2.45, 2.75) is 211 Å². The number of oxime groups is 1. The molecule has 1 aromatic carbocycles. The number of nitrogens with one attached hydrogen (secondary N) is 1. The van der Waals surface area contributed by atoms with Crippen LogP contribution in [0.15, 0.2) is 28.3 Å². The van der Waals surface area contributed by atoms with Crippen molar-refractivity contribution in [1.82, 2.24) is 14.8 Å². The summed E-state index contributed by atoms with van der Waals surface area (Å²) in [7, 11) is 5.16. The Hall–Kier alpha value is -4.33. The van der Waals surface area contributed by atoms with Gasteiger partial charge < -0.3 is 83.4 Å². The first-order valence-electron chi connectivity index (χ1n) is 27.6. The second-order valence-electron chi connectivity index (χ2n) is 23.2. The van der Waals surface area contributed by atoms with Crippen LogP contribution in [-0.2, 0) is 55.7 Å². The Balaban J connectivity index is 1.18. The Bertz CT molecular complexity index is 2480. The van der Waals surface area contributed by atoms with Crippen LogP contribution < -0.4 is 15.5 Å². The Labute approximate surface area is 457 Å². The molecule has 3 saturated heterocycles.